The molecule has 0 amide bonds. The Kier molecular flexibility index (Phi) is 5.52. The molecule has 1 rings (SSSR count). The van der Waals surface area contributed by atoms with Gasteiger partial charge >= 0.3 is 0 Å². The van der Waals surface area contributed by atoms with Crippen molar-refractivity contribution in [1.29, 1.82) is 0 Å². The zero-order valence-corrected chi connectivity index (χ0v) is 11.0. The summed E-state index contributed by atoms with van der Waals surface area (Å²) in [7, 11) is 1.66. The second-order valence-electron chi connectivity index (χ2n) is 3.37. The molecule has 3 nitrogen and oxygen atoms in total. The first-order chi connectivity index (χ1) is 7.72. The Morgan fingerprint density at radius 1 is 1.62 bits per heavy atom. The van der Waals surface area contributed by atoms with Gasteiger partial charge in [0, 0.05) is 29.2 Å². The van der Waals surface area contributed by atoms with Gasteiger partial charge in [0.2, 0.25) is 0 Å². The third-order valence-corrected chi connectivity index (χ3v) is 2.80. The van der Waals surface area contributed by atoms with Crippen LogP contribution in [-0.4, -0.2) is 20.2 Å². The van der Waals surface area contributed by atoms with Crippen LogP contribution in [0.3, 0.4) is 0 Å². The highest BCUT2D eigenvalue weighted by Gasteiger charge is 2.13. The highest BCUT2D eigenvalue weighted by Crippen LogP contribution is 2.27. The van der Waals surface area contributed by atoms with E-state index < -0.39 is 0 Å². The number of halogens is 1. The van der Waals surface area contributed by atoms with Gasteiger partial charge in [-0.25, -0.2) is 0 Å². The van der Waals surface area contributed by atoms with E-state index in [1.54, 1.807) is 7.11 Å². The van der Waals surface area contributed by atoms with E-state index >= 15 is 0 Å². The number of hydrogen-bond acceptors (Lipinski definition) is 3. The van der Waals surface area contributed by atoms with Crippen LogP contribution in [0.15, 0.2) is 35.3 Å². The van der Waals surface area contributed by atoms with Gasteiger partial charge in [-0.3, -0.25) is 0 Å². The Labute approximate surface area is 105 Å². The fourth-order valence-electron chi connectivity index (χ4n) is 1.52. The molecule has 16 heavy (non-hydrogen) atoms. The molecule has 0 radical (unpaired) electrons. The van der Waals surface area contributed by atoms with E-state index in [4.69, 9.17) is 10.5 Å². The van der Waals surface area contributed by atoms with Gasteiger partial charge in [-0.05, 0) is 18.2 Å². The molecule has 0 heterocycles. The van der Waals surface area contributed by atoms with E-state index in [1.807, 2.05) is 24.3 Å². The van der Waals surface area contributed by atoms with Crippen LogP contribution in [0.2, 0.25) is 0 Å². The summed E-state index contributed by atoms with van der Waals surface area (Å²) < 4.78 is 6.34. The molecule has 1 aromatic carbocycles. The lowest BCUT2D eigenvalue weighted by atomic mass is 10.1. The highest BCUT2D eigenvalue weighted by molar-refractivity contribution is 9.10. The summed E-state index contributed by atoms with van der Waals surface area (Å²) in [5.74, 6) is 0.843. The summed E-state index contributed by atoms with van der Waals surface area (Å²) in [6.07, 6.45) is 1.81. The van der Waals surface area contributed by atoms with Gasteiger partial charge < -0.3 is 15.8 Å². The largest absolute Gasteiger partial charge is 0.496 e. The van der Waals surface area contributed by atoms with Crippen molar-refractivity contribution in [2.24, 2.45) is 5.73 Å². The summed E-state index contributed by atoms with van der Waals surface area (Å²) in [6.45, 7) is 4.91. The molecule has 0 saturated carbocycles. The Bertz CT molecular complexity index is 355. The number of ether oxygens (including phenoxy) is 1. The normalized spacial score (nSPS) is 12.2. The van der Waals surface area contributed by atoms with Crippen LogP contribution in [0, 0.1) is 0 Å². The first-order valence-corrected chi connectivity index (χ1v) is 5.90. The van der Waals surface area contributed by atoms with Gasteiger partial charge in [-0.2, -0.15) is 0 Å². The van der Waals surface area contributed by atoms with E-state index in [0.717, 1.165) is 22.3 Å². The predicted molar refractivity (Wildman–Crippen MR) is 70.7 cm³/mol. The first-order valence-electron chi connectivity index (χ1n) is 5.10. The maximum Gasteiger partial charge on any atom is 0.123 e. The molecule has 0 aliphatic carbocycles. The zero-order valence-electron chi connectivity index (χ0n) is 9.37. The third-order valence-electron chi connectivity index (χ3n) is 2.31. The van der Waals surface area contributed by atoms with Crippen LogP contribution in [0.5, 0.6) is 5.75 Å². The van der Waals surface area contributed by atoms with E-state index in [2.05, 4.69) is 27.8 Å². The van der Waals surface area contributed by atoms with Gasteiger partial charge in [0.1, 0.15) is 5.75 Å². The summed E-state index contributed by atoms with van der Waals surface area (Å²) in [4.78, 5) is 0. The van der Waals surface area contributed by atoms with Crippen LogP contribution < -0.4 is 15.8 Å². The molecule has 88 valence electrons. The molecule has 1 unspecified atom stereocenters. The van der Waals surface area contributed by atoms with Crippen molar-refractivity contribution in [1.82, 2.24) is 5.32 Å². The van der Waals surface area contributed by atoms with Gasteiger partial charge in [-0.15, -0.1) is 6.58 Å². The van der Waals surface area contributed by atoms with Crippen LogP contribution in [0.4, 0.5) is 0 Å². The van der Waals surface area contributed by atoms with Crippen molar-refractivity contribution in [2.45, 2.75) is 6.04 Å². The minimum Gasteiger partial charge on any atom is -0.496 e. The number of nitrogens with two attached hydrogens (primary N) is 1. The third kappa shape index (κ3) is 3.33. The number of benzene rings is 1. The highest BCUT2D eigenvalue weighted by atomic mass is 79.9. The molecular formula is C12H17BrN2O. The molecule has 3 N–H and O–H groups in total. The van der Waals surface area contributed by atoms with E-state index in [0.29, 0.717) is 6.54 Å². The predicted octanol–water partition coefficient (Wildman–Crippen LogP) is 2.23. The number of nitrogens with one attached hydrogen (secondary N) is 1. The molecule has 1 aromatic rings. The van der Waals surface area contributed by atoms with Gasteiger partial charge in [0.05, 0.1) is 7.11 Å². The fraction of sp³-hybridized carbons (Fsp3) is 0.333. The number of methoxy groups -OCH3 is 1. The maximum atomic E-state index is 5.75. The minimum atomic E-state index is 0.0745. The summed E-state index contributed by atoms with van der Waals surface area (Å²) in [5, 5.41) is 3.29. The van der Waals surface area contributed by atoms with Gasteiger partial charge in [-0.1, -0.05) is 22.0 Å². The first kappa shape index (κ1) is 13.2. The number of rotatable bonds is 6. The second-order valence-corrected chi connectivity index (χ2v) is 4.29. The van der Waals surface area contributed by atoms with E-state index in [9.17, 15) is 0 Å². The zero-order chi connectivity index (χ0) is 12.0. The fourth-order valence-corrected chi connectivity index (χ4v) is 1.90. The van der Waals surface area contributed by atoms with Crippen molar-refractivity contribution in [3.8, 4) is 5.75 Å². The lowest BCUT2D eigenvalue weighted by molar-refractivity contribution is 0.401. The number of hydrogen-bond donors (Lipinski definition) is 2. The molecule has 0 aromatic heterocycles. The lowest BCUT2D eigenvalue weighted by Crippen LogP contribution is -2.28. The molecule has 0 bridgehead atoms. The molecule has 0 fully saturated rings. The molecule has 0 saturated heterocycles. The topological polar surface area (TPSA) is 47.3 Å². The van der Waals surface area contributed by atoms with Crippen molar-refractivity contribution < 1.29 is 4.74 Å². The van der Waals surface area contributed by atoms with Crippen LogP contribution in [0.1, 0.15) is 11.6 Å². The van der Waals surface area contributed by atoms with Crippen molar-refractivity contribution in [3.05, 3.63) is 40.9 Å². The second kappa shape index (κ2) is 6.68. The minimum absolute atomic E-state index is 0.0745. The Morgan fingerprint density at radius 2 is 2.38 bits per heavy atom. The Hall–Kier alpha value is -0.840. The molecule has 1 atom stereocenters. The lowest BCUT2D eigenvalue weighted by Gasteiger charge is -2.19. The van der Waals surface area contributed by atoms with Crippen molar-refractivity contribution in [2.75, 3.05) is 20.2 Å². The maximum absolute atomic E-state index is 5.75. The van der Waals surface area contributed by atoms with Gasteiger partial charge in [0.15, 0.2) is 0 Å². The monoisotopic (exact) mass is 284 g/mol. The van der Waals surface area contributed by atoms with E-state index in [1.165, 1.54) is 0 Å². The SMILES string of the molecule is C=CCNC(CN)c1cc(Br)ccc1OC. The molecule has 4 heteroatoms. The van der Waals surface area contributed by atoms with E-state index in [-0.39, 0.29) is 6.04 Å². The van der Waals surface area contributed by atoms with Crippen LogP contribution in [0.25, 0.3) is 0 Å². The van der Waals surface area contributed by atoms with Crippen LogP contribution in [-0.2, 0) is 0 Å². The average Bonchev–Trinajstić information content (AvgIpc) is 2.30. The summed E-state index contributed by atoms with van der Waals surface area (Å²) >= 11 is 3.45. The Morgan fingerprint density at radius 3 is 2.94 bits per heavy atom. The average molecular weight is 285 g/mol. The van der Waals surface area contributed by atoms with Gasteiger partial charge in [0.25, 0.3) is 0 Å². The van der Waals surface area contributed by atoms with Crippen molar-refractivity contribution >= 4 is 15.9 Å². The van der Waals surface area contributed by atoms with Crippen molar-refractivity contribution in [3.63, 3.8) is 0 Å². The summed E-state index contributed by atoms with van der Waals surface area (Å²) in [6, 6.07) is 5.97. The Balaban J connectivity index is 2.96. The summed E-state index contributed by atoms with van der Waals surface area (Å²) in [5.41, 5.74) is 6.81. The smallest absolute Gasteiger partial charge is 0.123 e. The molecular weight excluding hydrogens is 268 g/mol. The molecule has 0 spiro atoms. The quantitative estimate of drug-likeness (QED) is 0.788. The van der Waals surface area contributed by atoms with Crippen LogP contribution >= 0.6 is 15.9 Å². The molecule has 0 aliphatic heterocycles. The molecule has 0 aliphatic rings. The standard InChI is InChI=1S/C12H17BrN2O/c1-3-6-15-11(8-14)10-7-9(13)4-5-12(10)16-2/h3-5,7,11,15H,1,6,8,14H2,2H3.